The quantitative estimate of drug-likeness (QED) is 0.823. The Labute approximate surface area is 95.7 Å². The average molecular weight is 215 g/mol. The Bertz CT molecular complexity index is 433. The van der Waals surface area contributed by atoms with Crippen molar-refractivity contribution >= 4 is 0 Å². The predicted octanol–water partition coefficient (Wildman–Crippen LogP) is 2.53. The number of aromatic amines is 1. The number of rotatable bonds is 4. The van der Waals surface area contributed by atoms with Crippen LogP contribution in [0.25, 0.3) is 11.3 Å². The van der Waals surface area contributed by atoms with Gasteiger partial charge in [0.05, 0.1) is 11.9 Å². The lowest BCUT2D eigenvalue weighted by atomic mass is 9.95. The van der Waals surface area contributed by atoms with Crippen molar-refractivity contribution in [2.75, 3.05) is 6.54 Å². The van der Waals surface area contributed by atoms with Crippen LogP contribution in [0.4, 0.5) is 0 Å². The lowest BCUT2D eigenvalue weighted by molar-refractivity contribution is 0.692. The fourth-order valence-electron chi connectivity index (χ4n) is 1.91. The normalized spacial score (nSPS) is 12.6. The van der Waals surface area contributed by atoms with Gasteiger partial charge in [0.2, 0.25) is 0 Å². The van der Waals surface area contributed by atoms with Crippen LogP contribution in [-0.2, 0) is 0 Å². The number of H-pyrrole nitrogens is 1. The molecule has 1 aromatic heterocycles. The molecule has 0 radical (unpaired) electrons. The summed E-state index contributed by atoms with van der Waals surface area (Å²) in [6, 6.07) is 10.3. The third-order valence-electron chi connectivity index (χ3n) is 2.86. The molecule has 16 heavy (non-hydrogen) atoms. The Hall–Kier alpha value is -1.61. The molecular weight excluding hydrogens is 198 g/mol. The summed E-state index contributed by atoms with van der Waals surface area (Å²) in [5.74, 6) is 0.443. The van der Waals surface area contributed by atoms with Gasteiger partial charge in [0.1, 0.15) is 0 Å². The third kappa shape index (κ3) is 2.14. The minimum atomic E-state index is 0.443. The van der Waals surface area contributed by atoms with E-state index in [-0.39, 0.29) is 0 Å². The van der Waals surface area contributed by atoms with E-state index in [0.29, 0.717) is 12.5 Å². The zero-order valence-corrected chi connectivity index (χ0v) is 9.48. The van der Waals surface area contributed by atoms with E-state index in [1.165, 1.54) is 11.1 Å². The number of nitrogens with zero attached hydrogens (tertiary/aromatic N) is 1. The van der Waals surface area contributed by atoms with E-state index in [2.05, 4.69) is 29.3 Å². The predicted molar refractivity (Wildman–Crippen MR) is 66.1 cm³/mol. The topological polar surface area (TPSA) is 54.7 Å². The van der Waals surface area contributed by atoms with Crippen LogP contribution in [-0.4, -0.2) is 16.7 Å². The summed E-state index contributed by atoms with van der Waals surface area (Å²) >= 11 is 0. The number of nitrogens with one attached hydrogen (secondary N) is 1. The molecule has 0 aliphatic carbocycles. The molecule has 3 N–H and O–H groups in total. The molecule has 84 valence electrons. The number of nitrogens with two attached hydrogens (primary N) is 1. The lowest BCUT2D eigenvalue weighted by Crippen LogP contribution is -2.04. The summed E-state index contributed by atoms with van der Waals surface area (Å²) in [6.45, 7) is 2.89. The second-order valence-electron chi connectivity index (χ2n) is 4.04. The van der Waals surface area contributed by atoms with Crippen LogP contribution >= 0.6 is 0 Å². The molecule has 1 atom stereocenters. The van der Waals surface area contributed by atoms with E-state index < -0.39 is 0 Å². The molecule has 0 saturated carbocycles. The van der Waals surface area contributed by atoms with Gasteiger partial charge in [-0.1, -0.05) is 37.3 Å². The molecule has 3 nitrogen and oxygen atoms in total. The number of aromatic nitrogens is 2. The van der Waals surface area contributed by atoms with Crippen LogP contribution < -0.4 is 5.73 Å². The summed E-state index contributed by atoms with van der Waals surface area (Å²) in [5, 5.41) is 7.21. The summed E-state index contributed by atoms with van der Waals surface area (Å²) in [5.41, 5.74) is 9.13. The van der Waals surface area contributed by atoms with Gasteiger partial charge in [0.15, 0.2) is 0 Å². The first kappa shape index (κ1) is 10.9. The van der Waals surface area contributed by atoms with Gasteiger partial charge in [-0.3, -0.25) is 5.10 Å². The fourth-order valence-corrected chi connectivity index (χ4v) is 1.91. The van der Waals surface area contributed by atoms with Gasteiger partial charge in [-0.25, -0.2) is 0 Å². The molecule has 1 unspecified atom stereocenters. The molecule has 1 heterocycles. The molecule has 0 spiro atoms. The van der Waals surface area contributed by atoms with E-state index >= 15 is 0 Å². The SMILES string of the molecule is CC(CCN)c1cn[nH]c1-c1ccccc1. The maximum atomic E-state index is 5.59. The van der Waals surface area contributed by atoms with Crippen molar-refractivity contribution in [3.63, 3.8) is 0 Å². The van der Waals surface area contributed by atoms with Crippen molar-refractivity contribution in [2.24, 2.45) is 5.73 Å². The monoisotopic (exact) mass is 215 g/mol. The van der Waals surface area contributed by atoms with Crippen molar-refractivity contribution in [3.8, 4) is 11.3 Å². The van der Waals surface area contributed by atoms with E-state index in [0.717, 1.165) is 12.1 Å². The molecule has 0 fully saturated rings. The van der Waals surface area contributed by atoms with Gasteiger partial charge in [0.25, 0.3) is 0 Å². The first-order valence-corrected chi connectivity index (χ1v) is 5.61. The van der Waals surface area contributed by atoms with Gasteiger partial charge in [0, 0.05) is 5.56 Å². The number of benzene rings is 1. The first-order valence-electron chi connectivity index (χ1n) is 5.61. The average Bonchev–Trinajstić information content (AvgIpc) is 2.79. The minimum absolute atomic E-state index is 0.443. The molecule has 0 saturated heterocycles. The van der Waals surface area contributed by atoms with Crippen LogP contribution in [0.15, 0.2) is 36.5 Å². The standard InChI is InChI=1S/C13H17N3/c1-10(7-8-14)12-9-15-16-13(12)11-5-3-2-4-6-11/h2-6,9-10H,7-8,14H2,1H3,(H,15,16). The number of hydrogen-bond donors (Lipinski definition) is 2. The van der Waals surface area contributed by atoms with Crippen molar-refractivity contribution in [2.45, 2.75) is 19.3 Å². The summed E-state index contributed by atoms with van der Waals surface area (Å²) in [7, 11) is 0. The number of hydrogen-bond acceptors (Lipinski definition) is 2. The second-order valence-corrected chi connectivity index (χ2v) is 4.04. The largest absolute Gasteiger partial charge is 0.330 e. The zero-order chi connectivity index (χ0) is 11.4. The summed E-state index contributed by atoms with van der Waals surface area (Å²) in [6.07, 6.45) is 2.89. The van der Waals surface area contributed by atoms with Crippen molar-refractivity contribution < 1.29 is 0 Å². The highest BCUT2D eigenvalue weighted by molar-refractivity contribution is 5.63. The Kier molecular flexibility index (Phi) is 3.37. The maximum absolute atomic E-state index is 5.59. The van der Waals surface area contributed by atoms with Crippen LogP contribution in [0.2, 0.25) is 0 Å². The Morgan fingerprint density at radius 2 is 2.06 bits per heavy atom. The zero-order valence-electron chi connectivity index (χ0n) is 9.48. The maximum Gasteiger partial charge on any atom is 0.0684 e. The summed E-state index contributed by atoms with van der Waals surface area (Å²) in [4.78, 5) is 0. The van der Waals surface area contributed by atoms with E-state index in [4.69, 9.17) is 5.73 Å². The molecule has 0 bridgehead atoms. The van der Waals surface area contributed by atoms with Gasteiger partial charge < -0.3 is 5.73 Å². The van der Waals surface area contributed by atoms with E-state index in [1.807, 2.05) is 24.4 Å². The van der Waals surface area contributed by atoms with E-state index in [9.17, 15) is 0 Å². The van der Waals surface area contributed by atoms with Crippen molar-refractivity contribution in [3.05, 3.63) is 42.1 Å². The van der Waals surface area contributed by atoms with Gasteiger partial charge in [-0.15, -0.1) is 0 Å². The van der Waals surface area contributed by atoms with Crippen LogP contribution in [0.3, 0.4) is 0 Å². The van der Waals surface area contributed by atoms with Crippen molar-refractivity contribution in [1.82, 2.24) is 10.2 Å². The smallest absolute Gasteiger partial charge is 0.0684 e. The van der Waals surface area contributed by atoms with Gasteiger partial charge in [-0.2, -0.15) is 5.10 Å². The minimum Gasteiger partial charge on any atom is -0.330 e. The highest BCUT2D eigenvalue weighted by atomic mass is 15.1. The van der Waals surface area contributed by atoms with Gasteiger partial charge >= 0.3 is 0 Å². The molecule has 1 aromatic carbocycles. The molecule has 0 amide bonds. The lowest BCUT2D eigenvalue weighted by Gasteiger charge is -2.10. The van der Waals surface area contributed by atoms with E-state index in [1.54, 1.807) is 0 Å². The van der Waals surface area contributed by atoms with Crippen LogP contribution in [0, 0.1) is 0 Å². The van der Waals surface area contributed by atoms with Crippen molar-refractivity contribution in [1.29, 1.82) is 0 Å². The first-order chi connectivity index (χ1) is 7.83. The summed E-state index contributed by atoms with van der Waals surface area (Å²) < 4.78 is 0. The second kappa shape index (κ2) is 4.94. The molecule has 3 heteroatoms. The highest BCUT2D eigenvalue weighted by Crippen LogP contribution is 2.28. The Morgan fingerprint density at radius 1 is 1.31 bits per heavy atom. The molecule has 0 aliphatic rings. The highest BCUT2D eigenvalue weighted by Gasteiger charge is 2.13. The van der Waals surface area contributed by atoms with Crippen LogP contribution in [0.1, 0.15) is 24.8 Å². The fraction of sp³-hybridized carbons (Fsp3) is 0.308. The Balaban J connectivity index is 2.33. The molecule has 0 aliphatic heterocycles. The Morgan fingerprint density at radius 3 is 2.75 bits per heavy atom. The van der Waals surface area contributed by atoms with Crippen LogP contribution in [0.5, 0.6) is 0 Å². The van der Waals surface area contributed by atoms with Gasteiger partial charge in [-0.05, 0) is 24.4 Å². The molecule has 2 aromatic rings. The third-order valence-corrected chi connectivity index (χ3v) is 2.86. The molecule has 2 rings (SSSR count). The molecular formula is C13H17N3.